The van der Waals surface area contributed by atoms with E-state index in [0.717, 1.165) is 28.5 Å². The third-order valence-electron chi connectivity index (χ3n) is 5.29. The summed E-state index contributed by atoms with van der Waals surface area (Å²) in [5.41, 5.74) is 0.835. The predicted molar refractivity (Wildman–Crippen MR) is 156 cm³/mol. The summed E-state index contributed by atoms with van der Waals surface area (Å²) in [7, 11) is 0. The molecule has 3 N–H and O–H groups in total. The summed E-state index contributed by atoms with van der Waals surface area (Å²) in [5.74, 6) is -0.164. The lowest BCUT2D eigenvalue weighted by atomic mass is 10.0. The largest absolute Gasteiger partial charge is 0.339 e. The number of nitrogens with one attached hydrogen (secondary N) is 3. The van der Waals surface area contributed by atoms with Crippen LogP contribution in [-0.4, -0.2) is 21.0 Å². The summed E-state index contributed by atoms with van der Waals surface area (Å²) in [6.45, 7) is 2.25. The second-order valence-electron chi connectivity index (χ2n) is 8.26. The van der Waals surface area contributed by atoms with Crippen LogP contribution in [0.4, 0.5) is 5.69 Å². The number of amides is 1. The molecule has 1 aromatic rings. The minimum Gasteiger partial charge on any atom is -0.339 e. The van der Waals surface area contributed by atoms with Crippen molar-refractivity contribution >= 4 is 86.3 Å². The second-order valence-corrected chi connectivity index (χ2v) is 12.2. The molecule has 0 bridgehead atoms. The molecule has 0 aromatic heterocycles. The molecule has 188 valence electrons. The van der Waals surface area contributed by atoms with Crippen LogP contribution in [0, 0.1) is 3.57 Å². The number of halogens is 4. The summed E-state index contributed by atoms with van der Waals surface area (Å²) in [6, 6.07) is 7.68. The Kier molecular flexibility index (Phi) is 17.2. The minimum atomic E-state index is -1.75. The highest BCUT2D eigenvalue weighted by molar-refractivity contribution is 14.1. The summed E-state index contributed by atoms with van der Waals surface area (Å²) >= 11 is 25.7. The van der Waals surface area contributed by atoms with Gasteiger partial charge < -0.3 is 16.0 Å². The van der Waals surface area contributed by atoms with Gasteiger partial charge in [0.1, 0.15) is 6.17 Å². The first-order valence-electron chi connectivity index (χ1n) is 11.9. The van der Waals surface area contributed by atoms with E-state index in [1.54, 1.807) is 0 Å². The first-order valence-corrected chi connectivity index (χ1v) is 14.5. The van der Waals surface area contributed by atoms with E-state index in [9.17, 15) is 4.79 Å². The van der Waals surface area contributed by atoms with Crippen LogP contribution < -0.4 is 16.0 Å². The SMILES string of the molecule is CCCCCCCCCCCCCCC(=O)N[C@@H](NC(=S)Nc1ccccc1I)C(Cl)(Cl)Cl. The number of carbonyl (C=O) groups is 1. The molecule has 4 nitrogen and oxygen atoms in total. The average Bonchev–Trinajstić information content (AvgIpc) is 2.75. The maximum atomic E-state index is 12.4. The van der Waals surface area contributed by atoms with Crippen molar-refractivity contribution in [2.75, 3.05) is 5.32 Å². The van der Waals surface area contributed by atoms with E-state index < -0.39 is 9.96 Å². The van der Waals surface area contributed by atoms with Gasteiger partial charge in [0.05, 0.1) is 5.69 Å². The fourth-order valence-corrected chi connectivity index (χ4v) is 4.49. The van der Waals surface area contributed by atoms with Gasteiger partial charge in [-0.1, -0.05) is 124 Å². The zero-order chi connectivity index (χ0) is 24.5. The Labute approximate surface area is 233 Å². The van der Waals surface area contributed by atoms with Gasteiger partial charge >= 0.3 is 0 Å². The number of carbonyl (C=O) groups excluding carboxylic acids is 1. The second kappa shape index (κ2) is 18.3. The van der Waals surface area contributed by atoms with Crippen molar-refractivity contribution in [2.45, 2.75) is 100 Å². The highest BCUT2D eigenvalue weighted by Gasteiger charge is 2.34. The van der Waals surface area contributed by atoms with Crippen LogP contribution in [0.15, 0.2) is 24.3 Å². The highest BCUT2D eigenvalue weighted by Crippen LogP contribution is 2.29. The maximum Gasteiger partial charge on any atom is 0.228 e. The monoisotopic (exact) mass is 647 g/mol. The number of anilines is 1. The van der Waals surface area contributed by atoms with E-state index in [1.165, 1.54) is 57.8 Å². The molecule has 9 heteroatoms. The van der Waals surface area contributed by atoms with Crippen LogP contribution in [0.3, 0.4) is 0 Å². The molecule has 0 aliphatic carbocycles. The van der Waals surface area contributed by atoms with Crippen molar-refractivity contribution in [3.8, 4) is 0 Å². The van der Waals surface area contributed by atoms with Crippen LogP contribution in [0.2, 0.25) is 0 Å². The van der Waals surface area contributed by atoms with Crippen LogP contribution in [0.5, 0.6) is 0 Å². The number of hydrogen-bond acceptors (Lipinski definition) is 2. The fourth-order valence-electron chi connectivity index (χ4n) is 3.41. The molecule has 0 saturated carbocycles. The third kappa shape index (κ3) is 15.6. The molecular weight excluding hydrogens is 612 g/mol. The number of unbranched alkanes of at least 4 members (excludes halogenated alkanes) is 11. The minimum absolute atomic E-state index is 0.164. The van der Waals surface area contributed by atoms with Crippen LogP contribution in [0.25, 0.3) is 0 Å². The lowest BCUT2D eigenvalue weighted by Gasteiger charge is -2.28. The van der Waals surface area contributed by atoms with Crippen LogP contribution in [0.1, 0.15) is 90.4 Å². The molecular formula is C24H37Cl3IN3OS. The normalized spacial score (nSPS) is 12.3. The maximum absolute atomic E-state index is 12.4. The van der Waals surface area contributed by atoms with E-state index in [4.69, 9.17) is 47.0 Å². The van der Waals surface area contributed by atoms with Gasteiger partial charge in [-0.3, -0.25) is 4.79 Å². The van der Waals surface area contributed by atoms with Gasteiger partial charge in [0.2, 0.25) is 9.70 Å². The number of rotatable bonds is 16. The smallest absolute Gasteiger partial charge is 0.228 e. The summed E-state index contributed by atoms with van der Waals surface area (Å²) in [5, 5.41) is 8.98. The van der Waals surface area contributed by atoms with Crippen LogP contribution in [-0.2, 0) is 4.79 Å². The zero-order valence-corrected chi connectivity index (χ0v) is 24.6. The molecule has 0 aliphatic heterocycles. The molecule has 0 saturated heterocycles. The van der Waals surface area contributed by atoms with Gasteiger partial charge in [0, 0.05) is 9.99 Å². The standard InChI is InChI=1S/C24H37Cl3IN3OS/c1-2-3-4-5-6-7-8-9-10-11-12-13-18-21(32)30-22(24(25,26)27)31-23(33)29-20-17-15-14-16-19(20)28/h14-17,22H,2-13,18H2,1H3,(H,30,32)(H2,29,31,33)/t22-/m0/s1. The lowest BCUT2D eigenvalue weighted by molar-refractivity contribution is -0.122. The van der Waals surface area contributed by atoms with E-state index in [-0.39, 0.29) is 11.0 Å². The van der Waals surface area contributed by atoms with Crippen molar-refractivity contribution < 1.29 is 4.79 Å². The van der Waals surface area contributed by atoms with Gasteiger partial charge in [-0.05, 0) is 53.4 Å². The molecule has 1 aromatic carbocycles. The zero-order valence-electron chi connectivity index (χ0n) is 19.4. The first kappa shape index (κ1) is 31.0. The molecule has 0 radical (unpaired) electrons. The first-order chi connectivity index (χ1) is 15.7. The third-order valence-corrected chi connectivity index (χ3v) is 7.10. The van der Waals surface area contributed by atoms with Crippen molar-refractivity contribution in [3.05, 3.63) is 27.8 Å². The fraction of sp³-hybridized carbons (Fsp3) is 0.667. The molecule has 0 fully saturated rings. The van der Waals surface area contributed by atoms with Crippen molar-refractivity contribution in [2.24, 2.45) is 0 Å². The molecule has 0 unspecified atom stereocenters. The Morgan fingerprint density at radius 1 is 0.909 bits per heavy atom. The highest BCUT2D eigenvalue weighted by atomic mass is 127. The molecule has 0 spiro atoms. The van der Waals surface area contributed by atoms with Gasteiger partial charge in [0.25, 0.3) is 0 Å². The van der Waals surface area contributed by atoms with Gasteiger partial charge in [0.15, 0.2) is 5.11 Å². The van der Waals surface area contributed by atoms with Crippen molar-refractivity contribution in [1.82, 2.24) is 10.6 Å². The van der Waals surface area contributed by atoms with Crippen molar-refractivity contribution in [3.63, 3.8) is 0 Å². The van der Waals surface area contributed by atoms with E-state index in [2.05, 4.69) is 45.5 Å². The predicted octanol–water partition coefficient (Wildman–Crippen LogP) is 8.48. The Bertz CT molecular complexity index is 704. The summed E-state index contributed by atoms with van der Waals surface area (Å²) in [4.78, 5) is 12.4. The lowest BCUT2D eigenvalue weighted by Crippen LogP contribution is -2.56. The number of alkyl halides is 3. The average molecular weight is 649 g/mol. The molecule has 1 atom stereocenters. The summed E-state index contributed by atoms with van der Waals surface area (Å²) in [6.07, 6.45) is 14.4. The van der Waals surface area contributed by atoms with Gasteiger partial charge in [-0.2, -0.15) is 0 Å². The molecule has 0 aliphatic rings. The Morgan fingerprint density at radius 2 is 1.42 bits per heavy atom. The molecule has 1 rings (SSSR count). The van der Waals surface area contributed by atoms with Crippen LogP contribution >= 0.6 is 69.6 Å². The number of thiocarbonyl (C=S) groups is 1. The Morgan fingerprint density at radius 3 is 1.94 bits per heavy atom. The number of hydrogen-bond donors (Lipinski definition) is 3. The number of benzene rings is 1. The molecule has 33 heavy (non-hydrogen) atoms. The molecule has 0 heterocycles. The topological polar surface area (TPSA) is 53.2 Å². The number of para-hydroxylation sites is 1. The van der Waals surface area contributed by atoms with E-state index in [1.807, 2.05) is 24.3 Å². The Balaban J connectivity index is 2.23. The Hall–Kier alpha value is -0.0200. The quantitative estimate of drug-likeness (QED) is 0.0554. The van der Waals surface area contributed by atoms with Gasteiger partial charge in [-0.25, -0.2) is 0 Å². The molecule has 1 amide bonds. The van der Waals surface area contributed by atoms with Gasteiger partial charge in [-0.15, -0.1) is 0 Å². The van der Waals surface area contributed by atoms with E-state index >= 15 is 0 Å². The summed E-state index contributed by atoms with van der Waals surface area (Å²) < 4.78 is -0.748. The van der Waals surface area contributed by atoms with Crippen molar-refractivity contribution in [1.29, 1.82) is 0 Å². The van der Waals surface area contributed by atoms with E-state index in [0.29, 0.717) is 6.42 Å².